The van der Waals surface area contributed by atoms with Gasteiger partial charge in [-0.25, -0.2) is 5.53 Å². The van der Waals surface area contributed by atoms with Gasteiger partial charge in [-0.15, -0.1) is 5.11 Å². The van der Waals surface area contributed by atoms with Crippen LogP contribution in [-0.2, 0) is 16.0 Å². The standard InChI is InChI=1S/C26H35N5O2/c1-16(2)33-22(32)15-21-17(3)29-18(4)23(19-8-7-9-20(14-19)25(27)30-28)24(21)31-12-10-26(5,6)11-13-31/h7-9,14,16,27-28H,10-13,15H2,1-6H3. The monoisotopic (exact) mass is 449 g/mol. The number of nitrogens with zero attached hydrogens (tertiary/aromatic N) is 3. The number of ether oxygens (including phenoxy) is 1. The summed E-state index contributed by atoms with van der Waals surface area (Å²) in [5.74, 6) is -0.344. The van der Waals surface area contributed by atoms with Gasteiger partial charge in [-0.2, -0.15) is 0 Å². The number of nitrogens with one attached hydrogen (secondary N) is 2. The number of hydrogen-bond donors (Lipinski definition) is 2. The topological polar surface area (TPSA) is 102 Å². The Labute approximate surface area is 196 Å². The summed E-state index contributed by atoms with van der Waals surface area (Å²) >= 11 is 0. The Morgan fingerprint density at radius 2 is 1.88 bits per heavy atom. The first-order valence-electron chi connectivity index (χ1n) is 11.5. The van der Waals surface area contributed by atoms with Gasteiger partial charge in [0, 0.05) is 41.2 Å². The molecule has 0 atom stereocenters. The van der Waals surface area contributed by atoms with Gasteiger partial charge in [-0.05, 0) is 57.6 Å². The van der Waals surface area contributed by atoms with Crippen molar-refractivity contribution in [3.05, 3.63) is 46.8 Å². The van der Waals surface area contributed by atoms with Crippen LogP contribution in [0, 0.1) is 30.2 Å². The molecule has 1 fully saturated rings. The fourth-order valence-corrected chi connectivity index (χ4v) is 4.45. The molecule has 7 heteroatoms. The summed E-state index contributed by atoms with van der Waals surface area (Å²) in [5.41, 5.74) is 13.6. The Morgan fingerprint density at radius 3 is 2.48 bits per heavy atom. The first-order valence-corrected chi connectivity index (χ1v) is 11.5. The molecule has 0 amide bonds. The molecule has 2 N–H and O–H groups in total. The summed E-state index contributed by atoms with van der Waals surface area (Å²) in [6.07, 6.45) is 2.11. The number of piperidine rings is 1. The second kappa shape index (κ2) is 9.81. The molecule has 0 spiro atoms. The van der Waals surface area contributed by atoms with Crippen LogP contribution in [0.15, 0.2) is 29.4 Å². The van der Waals surface area contributed by atoms with E-state index in [0.717, 1.165) is 59.7 Å². The van der Waals surface area contributed by atoms with Crippen molar-refractivity contribution in [2.24, 2.45) is 10.5 Å². The number of carbonyl (C=O) groups is 1. The average molecular weight is 450 g/mol. The van der Waals surface area contributed by atoms with Crippen molar-refractivity contribution in [3.63, 3.8) is 0 Å². The Balaban J connectivity index is 2.20. The number of anilines is 1. The van der Waals surface area contributed by atoms with E-state index < -0.39 is 0 Å². The lowest BCUT2D eigenvalue weighted by Gasteiger charge is -2.40. The fraction of sp³-hybridized carbons (Fsp3) is 0.500. The number of benzene rings is 1. The van der Waals surface area contributed by atoms with E-state index in [1.807, 2.05) is 45.9 Å². The van der Waals surface area contributed by atoms with Crippen molar-refractivity contribution in [3.8, 4) is 11.1 Å². The molecule has 0 radical (unpaired) electrons. The number of aromatic nitrogens is 1. The van der Waals surface area contributed by atoms with Crippen LogP contribution in [0.5, 0.6) is 0 Å². The highest BCUT2D eigenvalue weighted by Gasteiger charge is 2.30. The second-order valence-corrected chi connectivity index (χ2v) is 9.89. The van der Waals surface area contributed by atoms with Gasteiger partial charge in [-0.1, -0.05) is 32.0 Å². The molecule has 1 aliphatic rings. The highest BCUT2D eigenvalue weighted by atomic mass is 16.5. The molecular formula is C26H35N5O2. The van der Waals surface area contributed by atoms with Gasteiger partial charge >= 0.3 is 5.97 Å². The maximum absolute atomic E-state index is 12.7. The minimum absolute atomic E-state index is 0.0865. The molecule has 7 nitrogen and oxygen atoms in total. The van der Waals surface area contributed by atoms with Crippen molar-refractivity contribution < 1.29 is 9.53 Å². The van der Waals surface area contributed by atoms with E-state index in [1.54, 1.807) is 6.07 Å². The summed E-state index contributed by atoms with van der Waals surface area (Å²) in [6.45, 7) is 14.0. The smallest absolute Gasteiger partial charge is 0.310 e. The van der Waals surface area contributed by atoms with Crippen LogP contribution >= 0.6 is 0 Å². The SMILES string of the molecule is Cc1nc(C)c(-c2cccc(C(=N)N=N)c2)c(N2CCC(C)(C)CC2)c1CC(=O)OC(C)C. The highest BCUT2D eigenvalue weighted by molar-refractivity contribution is 5.98. The van der Waals surface area contributed by atoms with Gasteiger partial charge in [0.1, 0.15) is 0 Å². The summed E-state index contributed by atoms with van der Waals surface area (Å²) in [5, 5.41) is 11.3. The van der Waals surface area contributed by atoms with Crippen LogP contribution in [0.2, 0.25) is 0 Å². The molecule has 0 aliphatic carbocycles. The Hall–Kier alpha value is -3.09. The van der Waals surface area contributed by atoms with Gasteiger partial charge in [0.05, 0.1) is 18.2 Å². The lowest BCUT2D eigenvalue weighted by atomic mass is 9.82. The zero-order valence-electron chi connectivity index (χ0n) is 20.6. The molecule has 1 aromatic heterocycles. The molecule has 3 rings (SSSR count). The lowest BCUT2D eigenvalue weighted by Crippen LogP contribution is -2.38. The number of rotatable bonds is 6. The lowest BCUT2D eigenvalue weighted by molar-refractivity contribution is -0.146. The van der Waals surface area contributed by atoms with Crippen LogP contribution in [0.1, 0.15) is 63.1 Å². The molecule has 176 valence electrons. The zero-order chi connectivity index (χ0) is 24.3. The number of pyridine rings is 1. The molecule has 2 heterocycles. The average Bonchev–Trinajstić information content (AvgIpc) is 2.74. The van der Waals surface area contributed by atoms with E-state index in [1.165, 1.54) is 0 Å². The Morgan fingerprint density at radius 1 is 1.21 bits per heavy atom. The molecule has 2 aromatic rings. The molecule has 1 aliphatic heterocycles. The van der Waals surface area contributed by atoms with Gasteiger partial charge in [0.25, 0.3) is 0 Å². The summed E-state index contributed by atoms with van der Waals surface area (Å²) in [6, 6.07) is 7.53. The zero-order valence-corrected chi connectivity index (χ0v) is 20.6. The maximum Gasteiger partial charge on any atom is 0.310 e. The number of aryl methyl sites for hydroxylation is 2. The van der Waals surface area contributed by atoms with Gasteiger partial charge in [-0.3, -0.25) is 15.2 Å². The van der Waals surface area contributed by atoms with E-state index in [2.05, 4.69) is 23.9 Å². The molecule has 0 saturated carbocycles. The van der Waals surface area contributed by atoms with Gasteiger partial charge < -0.3 is 9.64 Å². The summed E-state index contributed by atoms with van der Waals surface area (Å²) in [4.78, 5) is 19.9. The first-order chi connectivity index (χ1) is 15.5. The number of esters is 1. The second-order valence-electron chi connectivity index (χ2n) is 9.89. The molecule has 0 bridgehead atoms. The Bertz CT molecular complexity index is 1060. The van der Waals surface area contributed by atoms with Crippen LogP contribution in [0.3, 0.4) is 0 Å². The first kappa shape index (κ1) is 24.6. The maximum atomic E-state index is 12.7. The predicted molar refractivity (Wildman–Crippen MR) is 131 cm³/mol. The van der Waals surface area contributed by atoms with Crippen LogP contribution in [-0.4, -0.2) is 36.0 Å². The third kappa shape index (κ3) is 5.64. The van der Waals surface area contributed by atoms with E-state index in [4.69, 9.17) is 20.7 Å². The quantitative estimate of drug-likeness (QED) is 0.250. The Kier molecular flexibility index (Phi) is 7.30. The van der Waals surface area contributed by atoms with Crippen molar-refractivity contribution in [2.75, 3.05) is 18.0 Å². The summed E-state index contributed by atoms with van der Waals surface area (Å²) in [7, 11) is 0. The van der Waals surface area contributed by atoms with Crippen LogP contribution < -0.4 is 4.90 Å². The van der Waals surface area contributed by atoms with E-state index >= 15 is 0 Å². The fourth-order valence-electron chi connectivity index (χ4n) is 4.45. The van der Waals surface area contributed by atoms with Crippen molar-refractivity contribution >= 4 is 17.5 Å². The number of hydrogen-bond acceptors (Lipinski definition) is 6. The molecular weight excluding hydrogens is 414 g/mol. The normalized spacial score (nSPS) is 15.4. The van der Waals surface area contributed by atoms with E-state index in [0.29, 0.717) is 5.56 Å². The van der Waals surface area contributed by atoms with Gasteiger partial charge in [0.2, 0.25) is 0 Å². The number of amidine groups is 1. The minimum atomic E-state index is -0.258. The van der Waals surface area contributed by atoms with Crippen LogP contribution in [0.25, 0.3) is 11.1 Å². The molecule has 1 saturated heterocycles. The molecule has 1 aromatic carbocycles. The van der Waals surface area contributed by atoms with E-state index in [-0.39, 0.29) is 29.7 Å². The summed E-state index contributed by atoms with van der Waals surface area (Å²) < 4.78 is 5.48. The highest BCUT2D eigenvalue weighted by Crippen LogP contribution is 2.41. The number of carbonyl (C=O) groups excluding carboxylic acids is 1. The van der Waals surface area contributed by atoms with Gasteiger partial charge in [0.15, 0.2) is 5.84 Å². The minimum Gasteiger partial charge on any atom is -0.463 e. The van der Waals surface area contributed by atoms with Crippen molar-refractivity contribution in [2.45, 2.75) is 66.9 Å². The van der Waals surface area contributed by atoms with Crippen molar-refractivity contribution in [1.82, 2.24) is 4.98 Å². The molecule has 33 heavy (non-hydrogen) atoms. The third-order valence-corrected chi connectivity index (χ3v) is 6.31. The molecule has 0 unspecified atom stereocenters. The van der Waals surface area contributed by atoms with Crippen LogP contribution in [0.4, 0.5) is 5.69 Å². The van der Waals surface area contributed by atoms with Crippen molar-refractivity contribution in [1.29, 1.82) is 10.9 Å². The predicted octanol–water partition coefficient (Wildman–Crippen LogP) is 5.84. The van der Waals surface area contributed by atoms with E-state index in [9.17, 15) is 4.79 Å². The largest absolute Gasteiger partial charge is 0.463 e. The third-order valence-electron chi connectivity index (χ3n) is 6.31.